The van der Waals surface area contributed by atoms with Crippen LogP contribution in [0.15, 0.2) is 91.0 Å². The molecule has 1 fully saturated rings. The highest BCUT2D eigenvalue weighted by atomic mass is 16.5. The fourth-order valence-electron chi connectivity index (χ4n) is 4.54. The van der Waals surface area contributed by atoms with Crippen LogP contribution in [0.2, 0.25) is 0 Å². The summed E-state index contributed by atoms with van der Waals surface area (Å²) in [5, 5.41) is 5.02. The van der Waals surface area contributed by atoms with Crippen LogP contribution >= 0.6 is 0 Å². The van der Waals surface area contributed by atoms with Crippen molar-refractivity contribution in [3.63, 3.8) is 0 Å². The van der Waals surface area contributed by atoms with Crippen LogP contribution in [0.25, 0.3) is 21.9 Å². The van der Waals surface area contributed by atoms with Gasteiger partial charge in [0.05, 0.1) is 13.7 Å². The maximum absolute atomic E-state index is 13.3. The number of hydrogen-bond acceptors (Lipinski definition) is 3. The zero-order chi connectivity index (χ0) is 23.5. The largest absolute Gasteiger partial charge is 0.496 e. The summed E-state index contributed by atoms with van der Waals surface area (Å²) in [4.78, 5) is 27.4. The smallest absolute Gasteiger partial charge is 0.246 e. The van der Waals surface area contributed by atoms with E-state index < -0.39 is 6.04 Å². The number of piperazine rings is 1. The van der Waals surface area contributed by atoms with Crippen LogP contribution < -0.4 is 10.1 Å². The molecule has 0 aromatic heterocycles. The number of carbonyl (C=O) groups is 2. The van der Waals surface area contributed by atoms with Crippen molar-refractivity contribution in [3.05, 3.63) is 102 Å². The minimum atomic E-state index is -0.625. The first-order valence-corrected chi connectivity index (χ1v) is 11.4. The van der Waals surface area contributed by atoms with Crippen molar-refractivity contribution in [1.82, 2.24) is 10.2 Å². The summed E-state index contributed by atoms with van der Waals surface area (Å²) in [5.41, 5.74) is 4.15. The summed E-state index contributed by atoms with van der Waals surface area (Å²) in [6.07, 6.45) is 0.377. The number of carbonyl (C=O) groups excluding carboxylic acids is 2. The third kappa shape index (κ3) is 4.50. The van der Waals surface area contributed by atoms with E-state index in [-0.39, 0.29) is 18.4 Å². The minimum Gasteiger partial charge on any atom is -0.496 e. The van der Waals surface area contributed by atoms with Crippen molar-refractivity contribution in [2.75, 3.05) is 13.7 Å². The van der Waals surface area contributed by atoms with Gasteiger partial charge in [-0.15, -0.1) is 0 Å². The van der Waals surface area contributed by atoms with Crippen LogP contribution in [0.1, 0.15) is 11.1 Å². The number of ether oxygens (including phenoxy) is 1. The number of hydrogen-bond donors (Lipinski definition) is 1. The summed E-state index contributed by atoms with van der Waals surface area (Å²) in [5.74, 6) is 0.488. The molecule has 1 N–H and O–H groups in total. The second-order valence-corrected chi connectivity index (χ2v) is 8.59. The van der Waals surface area contributed by atoms with Crippen molar-refractivity contribution < 1.29 is 14.3 Å². The molecule has 5 rings (SSSR count). The van der Waals surface area contributed by atoms with Gasteiger partial charge in [-0.3, -0.25) is 9.59 Å². The van der Waals surface area contributed by atoms with E-state index in [1.165, 1.54) is 0 Å². The van der Waals surface area contributed by atoms with E-state index in [4.69, 9.17) is 4.74 Å². The average molecular weight is 451 g/mol. The van der Waals surface area contributed by atoms with Crippen molar-refractivity contribution in [1.29, 1.82) is 0 Å². The third-order valence-corrected chi connectivity index (χ3v) is 6.29. The molecule has 5 heteroatoms. The van der Waals surface area contributed by atoms with Crippen LogP contribution in [0.5, 0.6) is 5.75 Å². The maximum Gasteiger partial charge on any atom is 0.246 e. The molecule has 0 aliphatic carbocycles. The predicted molar refractivity (Wildman–Crippen MR) is 133 cm³/mol. The molecule has 34 heavy (non-hydrogen) atoms. The van der Waals surface area contributed by atoms with Crippen molar-refractivity contribution >= 4 is 22.6 Å². The standard InChI is InChI=1S/C29H26N2O3/c1-34-27-17-24-10-6-5-9-23(24)15-25(27)16-26-29(33)31(19-28(32)30-26)18-20-11-13-22(14-12-20)21-7-3-2-4-8-21/h2-15,17,26H,16,18-19H2,1H3,(H,30,32). The van der Waals surface area contributed by atoms with Gasteiger partial charge in [-0.05, 0) is 45.2 Å². The summed E-state index contributed by atoms with van der Waals surface area (Å²) in [6.45, 7) is 0.456. The second kappa shape index (κ2) is 9.40. The Kier molecular flexibility index (Phi) is 6.00. The molecule has 4 aromatic rings. The molecular weight excluding hydrogens is 424 g/mol. The molecule has 170 valence electrons. The SMILES string of the molecule is COc1cc2ccccc2cc1CC1NC(=O)CN(Cc2ccc(-c3ccccc3)cc2)C1=O. The normalized spacial score (nSPS) is 15.9. The first-order valence-electron chi connectivity index (χ1n) is 11.4. The Morgan fingerprint density at radius 2 is 1.50 bits per heavy atom. The van der Waals surface area contributed by atoms with Gasteiger partial charge in [0.1, 0.15) is 11.8 Å². The van der Waals surface area contributed by atoms with Crippen LogP contribution in [0, 0.1) is 0 Å². The fraction of sp³-hybridized carbons (Fsp3) is 0.172. The lowest BCUT2D eigenvalue weighted by Crippen LogP contribution is -2.58. The Labute approximate surface area is 199 Å². The van der Waals surface area contributed by atoms with Crippen LogP contribution in [0.4, 0.5) is 0 Å². The van der Waals surface area contributed by atoms with Gasteiger partial charge in [0.2, 0.25) is 11.8 Å². The van der Waals surface area contributed by atoms with Gasteiger partial charge in [-0.2, -0.15) is 0 Å². The number of methoxy groups -OCH3 is 1. The van der Waals surface area contributed by atoms with Gasteiger partial charge in [0.25, 0.3) is 0 Å². The van der Waals surface area contributed by atoms with Gasteiger partial charge in [-0.25, -0.2) is 0 Å². The molecule has 1 aliphatic rings. The van der Waals surface area contributed by atoms with E-state index in [1.807, 2.05) is 66.7 Å². The molecule has 0 spiro atoms. The first kappa shape index (κ1) is 21.7. The quantitative estimate of drug-likeness (QED) is 0.468. The molecule has 2 amide bonds. The molecule has 0 radical (unpaired) electrons. The lowest BCUT2D eigenvalue weighted by molar-refractivity contribution is -0.144. The number of benzene rings is 4. The molecule has 0 saturated carbocycles. The Bertz CT molecular complexity index is 1330. The number of amides is 2. The molecule has 1 saturated heterocycles. The number of nitrogens with zero attached hydrogens (tertiary/aromatic N) is 1. The highest BCUT2D eigenvalue weighted by Gasteiger charge is 2.33. The lowest BCUT2D eigenvalue weighted by atomic mass is 9.98. The number of rotatable bonds is 6. The van der Waals surface area contributed by atoms with E-state index >= 15 is 0 Å². The Morgan fingerprint density at radius 3 is 2.21 bits per heavy atom. The highest BCUT2D eigenvalue weighted by molar-refractivity contribution is 5.95. The number of fused-ring (bicyclic) bond motifs is 1. The number of nitrogens with one attached hydrogen (secondary N) is 1. The topological polar surface area (TPSA) is 58.6 Å². The third-order valence-electron chi connectivity index (χ3n) is 6.29. The van der Waals surface area contributed by atoms with Crippen molar-refractivity contribution in [3.8, 4) is 16.9 Å². The summed E-state index contributed by atoms with van der Waals surface area (Å²) in [6, 6.07) is 29.7. The van der Waals surface area contributed by atoms with Crippen LogP contribution in [-0.2, 0) is 22.6 Å². The summed E-state index contributed by atoms with van der Waals surface area (Å²) < 4.78 is 5.59. The molecule has 1 aliphatic heterocycles. The van der Waals surface area contributed by atoms with Crippen molar-refractivity contribution in [2.24, 2.45) is 0 Å². The Hall–Kier alpha value is -4.12. The lowest BCUT2D eigenvalue weighted by Gasteiger charge is -2.33. The Morgan fingerprint density at radius 1 is 0.853 bits per heavy atom. The summed E-state index contributed by atoms with van der Waals surface area (Å²) in [7, 11) is 1.63. The molecular formula is C29H26N2O3. The Balaban J connectivity index is 1.34. The van der Waals surface area contributed by atoms with E-state index in [0.717, 1.165) is 38.8 Å². The first-order chi connectivity index (χ1) is 16.6. The summed E-state index contributed by atoms with van der Waals surface area (Å²) >= 11 is 0. The predicted octanol–water partition coefficient (Wildman–Crippen LogP) is 4.59. The van der Waals surface area contributed by atoms with Gasteiger partial charge < -0.3 is 15.0 Å². The average Bonchev–Trinajstić information content (AvgIpc) is 2.87. The van der Waals surface area contributed by atoms with Crippen LogP contribution in [0.3, 0.4) is 0 Å². The molecule has 1 atom stereocenters. The van der Waals surface area contributed by atoms with E-state index in [0.29, 0.717) is 13.0 Å². The second-order valence-electron chi connectivity index (χ2n) is 8.59. The van der Waals surface area contributed by atoms with Crippen LogP contribution in [-0.4, -0.2) is 36.4 Å². The van der Waals surface area contributed by atoms with Gasteiger partial charge in [0, 0.05) is 13.0 Å². The van der Waals surface area contributed by atoms with E-state index in [1.54, 1.807) is 12.0 Å². The van der Waals surface area contributed by atoms with Gasteiger partial charge in [0.15, 0.2) is 0 Å². The molecule has 1 unspecified atom stereocenters. The maximum atomic E-state index is 13.3. The highest BCUT2D eigenvalue weighted by Crippen LogP contribution is 2.28. The fourth-order valence-corrected chi connectivity index (χ4v) is 4.54. The molecule has 0 bridgehead atoms. The molecule has 4 aromatic carbocycles. The van der Waals surface area contributed by atoms with Gasteiger partial charge in [-0.1, -0.05) is 78.9 Å². The molecule has 1 heterocycles. The van der Waals surface area contributed by atoms with Gasteiger partial charge >= 0.3 is 0 Å². The van der Waals surface area contributed by atoms with E-state index in [9.17, 15) is 9.59 Å². The van der Waals surface area contributed by atoms with E-state index in [2.05, 4.69) is 29.6 Å². The van der Waals surface area contributed by atoms with Crippen molar-refractivity contribution in [2.45, 2.75) is 19.0 Å². The monoisotopic (exact) mass is 450 g/mol. The zero-order valence-corrected chi connectivity index (χ0v) is 19.0. The minimum absolute atomic E-state index is 0.0601. The zero-order valence-electron chi connectivity index (χ0n) is 19.0. The molecule has 5 nitrogen and oxygen atoms in total.